The number of rotatable bonds is 5. The Hall–Kier alpha value is -1.15. The van der Waals surface area contributed by atoms with Crippen LogP contribution >= 0.6 is 11.6 Å². The highest BCUT2D eigenvalue weighted by molar-refractivity contribution is 7.89. The number of hydrogen-bond acceptors (Lipinski definition) is 4. The van der Waals surface area contributed by atoms with Crippen molar-refractivity contribution < 1.29 is 17.9 Å². The van der Waals surface area contributed by atoms with Crippen molar-refractivity contribution in [2.24, 2.45) is 23.2 Å². The van der Waals surface area contributed by atoms with Crippen molar-refractivity contribution in [3.8, 4) is 0 Å². The minimum atomic E-state index is -3.77. The van der Waals surface area contributed by atoms with Gasteiger partial charge in [-0.2, -0.15) is 4.31 Å². The molecule has 1 saturated heterocycles. The number of ether oxygens (including phenoxy) is 1. The maximum absolute atomic E-state index is 13.1. The van der Waals surface area contributed by atoms with Crippen LogP contribution < -0.4 is 5.32 Å². The summed E-state index contributed by atoms with van der Waals surface area (Å²) in [7, 11) is -3.77. The van der Waals surface area contributed by atoms with E-state index in [1.54, 1.807) is 6.07 Å². The fourth-order valence-corrected chi connectivity index (χ4v) is 8.82. The molecule has 0 aromatic heterocycles. The standard InChI is InChI=1S/C23H31ClN2O4S/c1-15(23-12-16-8-17(13-23)10-18(9-16)14-23)25-22(27)19-2-3-20(24)21(11-19)31(28,29)26-4-6-30-7-5-26/h2-3,11,15-18H,4-10,12-14H2,1H3,(H,25,27). The SMILES string of the molecule is CC(NC(=O)c1ccc(Cl)c(S(=O)(=O)N2CCOCC2)c1)C12CC3CC(CC(C3)C1)C2. The minimum absolute atomic E-state index is 0.00817. The van der Waals surface area contributed by atoms with Crippen molar-refractivity contribution in [2.45, 2.75) is 56.4 Å². The summed E-state index contributed by atoms with van der Waals surface area (Å²) in [6.07, 6.45) is 7.70. The molecule has 1 aromatic carbocycles. The van der Waals surface area contributed by atoms with E-state index in [4.69, 9.17) is 16.3 Å². The highest BCUT2D eigenvalue weighted by atomic mass is 35.5. The van der Waals surface area contributed by atoms with Gasteiger partial charge in [0.05, 0.1) is 18.2 Å². The summed E-state index contributed by atoms with van der Waals surface area (Å²) in [4.78, 5) is 13.1. The first-order chi connectivity index (χ1) is 14.8. The second-order valence-electron chi connectivity index (χ2n) is 10.1. The summed E-state index contributed by atoms with van der Waals surface area (Å²) in [5, 5.41) is 3.36. The Morgan fingerprint density at radius 1 is 1.13 bits per heavy atom. The van der Waals surface area contributed by atoms with Gasteiger partial charge in [0, 0.05) is 24.7 Å². The molecule has 1 heterocycles. The van der Waals surface area contributed by atoms with Crippen LogP contribution in [0, 0.1) is 23.2 Å². The van der Waals surface area contributed by atoms with Crippen LogP contribution in [-0.4, -0.2) is 51.0 Å². The van der Waals surface area contributed by atoms with Gasteiger partial charge in [-0.05, 0) is 86.8 Å². The van der Waals surface area contributed by atoms with Gasteiger partial charge in [-0.15, -0.1) is 0 Å². The summed E-state index contributed by atoms with van der Waals surface area (Å²) in [5.74, 6) is 2.21. The van der Waals surface area contributed by atoms with E-state index in [9.17, 15) is 13.2 Å². The Kier molecular flexibility index (Phi) is 5.60. The van der Waals surface area contributed by atoms with E-state index < -0.39 is 10.0 Å². The third-order valence-corrected chi connectivity index (χ3v) is 10.5. The lowest BCUT2D eigenvalue weighted by Crippen LogP contribution is -2.55. The summed E-state index contributed by atoms with van der Waals surface area (Å²) < 4.78 is 32.8. The van der Waals surface area contributed by atoms with E-state index in [1.807, 2.05) is 0 Å². The zero-order valence-electron chi connectivity index (χ0n) is 18.0. The van der Waals surface area contributed by atoms with Gasteiger partial charge in [0.15, 0.2) is 0 Å². The molecule has 4 saturated carbocycles. The van der Waals surface area contributed by atoms with E-state index in [2.05, 4.69) is 12.2 Å². The first-order valence-electron chi connectivity index (χ1n) is 11.5. The summed E-state index contributed by atoms with van der Waals surface area (Å²) >= 11 is 6.25. The molecule has 4 bridgehead atoms. The Labute approximate surface area is 189 Å². The van der Waals surface area contributed by atoms with Crippen LogP contribution in [0.2, 0.25) is 5.02 Å². The molecular weight excluding hydrogens is 436 g/mol. The van der Waals surface area contributed by atoms with E-state index >= 15 is 0 Å². The zero-order valence-corrected chi connectivity index (χ0v) is 19.6. The molecule has 170 valence electrons. The maximum atomic E-state index is 13.1. The van der Waals surface area contributed by atoms with Crippen molar-refractivity contribution in [2.75, 3.05) is 26.3 Å². The van der Waals surface area contributed by atoms with E-state index in [-0.39, 0.29) is 40.4 Å². The average molecular weight is 467 g/mol. The molecule has 5 aliphatic rings. The molecule has 6 nitrogen and oxygen atoms in total. The van der Waals surface area contributed by atoms with E-state index in [0.29, 0.717) is 18.8 Å². The Balaban J connectivity index is 1.35. The lowest BCUT2D eigenvalue weighted by Gasteiger charge is -2.59. The zero-order chi connectivity index (χ0) is 21.8. The molecule has 1 amide bonds. The second kappa shape index (κ2) is 8.01. The maximum Gasteiger partial charge on any atom is 0.251 e. The lowest BCUT2D eigenvalue weighted by molar-refractivity contribution is -0.0688. The predicted octanol–water partition coefficient (Wildman–Crippen LogP) is 3.70. The van der Waals surface area contributed by atoms with Gasteiger partial charge < -0.3 is 10.1 Å². The molecule has 5 fully saturated rings. The van der Waals surface area contributed by atoms with Crippen LogP contribution in [0.5, 0.6) is 0 Å². The Morgan fingerprint density at radius 3 is 2.29 bits per heavy atom. The number of sulfonamides is 1. The number of carbonyl (C=O) groups excluding carboxylic acids is 1. The Bertz CT molecular complexity index is 939. The Morgan fingerprint density at radius 2 is 1.71 bits per heavy atom. The number of nitrogens with one attached hydrogen (secondary N) is 1. The van der Waals surface area contributed by atoms with Crippen LogP contribution in [0.1, 0.15) is 55.8 Å². The number of halogens is 1. The molecule has 4 aliphatic carbocycles. The molecule has 1 aromatic rings. The molecule has 1 unspecified atom stereocenters. The predicted molar refractivity (Wildman–Crippen MR) is 119 cm³/mol. The van der Waals surface area contributed by atoms with Crippen LogP contribution in [-0.2, 0) is 14.8 Å². The van der Waals surface area contributed by atoms with Gasteiger partial charge >= 0.3 is 0 Å². The van der Waals surface area contributed by atoms with Crippen molar-refractivity contribution in [3.63, 3.8) is 0 Å². The van der Waals surface area contributed by atoms with Crippen LogP contribution in [0.3, 0.4) is 0 Å². The van der Waals surface area contributed by atoms with Gasteiger partial charge in [0.2, 0.25) is 10.0 Å². The molecule has 6 rings (SSSR count). The van der Waals surface area contributed by atoms with E-state index in [0.717, 1.165) is 17.8 Å². The molecule has 8 heteroatoms. The normalized spacial score (nSPS) is 33.9. The summed E-state index contributed by atoms with van der Waals surface area (Å²) in [6.45, 7) is 3.43. The monoisotopic (exact) mass is 466 g/mol. The number of carbonyl (C=O) groups is 1. The first-order valence-corrected chi connectivity index (χ1v) is 13.3. The lowest BCUT2D eigenvalue weighted by atomic mass is 9.48. The number of hydrogen-bond donors (Lipinski definition) is 1. The third-order valence-electron chi connectivity index (χ3n) is 8.13. The molecule has 1 aliphatic heterocycles. The van der Waals surface area contributed by atoms with Crippen molar-refractivity contribution in [3.05, 3.63) is 28.8 Å². The molecule has 31 heavy (non-hydrogen) atoms. The van der Waals surface area contributed by atoms with Crippen molar-refractivity contribution in [1.29, 1.82) is 0 Å². The number of nitrogens with zero attached hydrogens (tertiary/aromatic N) is 1. The van der Waals surface area contributed by atoms with Crippen LogP contribution in [0.4, 0.5) is 0 Å². The van der Waals surface area contributed by atoms with Gasteiger partial charge in [0.25, 0.3) is 5.91 Å². The van der Waals surface area contributed by atoms with Gasteiger partial charge in [0.1, 0.15) is 4.90 Å². The largest absolute Gasteiger partial charge is 0.379 e. The van der Waals surface area contributed by atoms with Gasteiger partial charge in [-0.25, -0.2) is 8.42 Å². The van der Waals surface area contributed by atoms with Crippen molar-refractivity contribution in [1.82, 2.24) is 9.62 Å². The minimum Gasteiger partial charge on any atom is -0.379 e. The first kappa shape index (κ1) is 21.7. The molecule has 0 spiro atoms. The fourth-order valence-electron chi connectivity index (χ4n) is 6.91. The second-order valence-corrected chi connectivity index (χ2v) is 12.5. The highest BCUT2D eigenvalue weighted by Gasteiger charge is 2.53. The van der Waals surface area contributed by atoms with Crippen LogP contribution in [0.25, 0.3) is 0 Å². The fraction of sp³-hybridized carbons (Fsp3) is 0.696. The summed E-state index contributed by atoms with van der Waals surface area (Å²) in [5.41, 5.74) is 0.535. The molecule has 1 atom stereocenters. The van der Waals surface area contributed by atoms with Gasteiger partial charge in [-0.1, -0.05) is 11.6 Å². The number of morpholine rings is 1. The molecule has 1 N–H and O–H groups in total. The quantitative estimate of drug-likeness (QED) is 0.717. The van der Waals surface area contributed by atoms with Gasteiger partial charge in [-0.3, -0.25) is 4.79 Å². The van der Waals surface area contributed by atoms with Crippen molar-refractivity contribution >= 4 is 27.5 Å². The molecule has 0 radical (unpaired) electrons. The smallest absolute Gasteiger partial charge is 0.251 e. The average Bonchev–Trinajstić information content (AvgIpc) is 2.73. The summed E-state index contributed by atoms with van der Waals surface area (Å²) in [6, 6.07) is 4.62. The van der Waals surface area contributed by atoms with E-state index in [1.165, 1.54) is 55.0 Å². The molecular formula is C23H31ClN2O4S. The van der Waals surface area contributed by atoms with Crippen LogP contribution in [0.15, 0.2) is 23.1 Å². The highest BCUT2D eigenvalue weighted by Crippen LogP contribution is 2.61. The topological polar surface area (TPSA) is 75.7 Å². The third kappa shape index (κ3) is 3.92. The number of amides is 1. The number of benzene rings is 1.